The second kappa shape index (κ2) is 5.46. The Balaban J connectivity index is 2.48. The molecule has 0 fully saturated rings. The van der Waals surface area contributed by atoms with Crippen LogP contribution < -0.4 is 5.32 Å². The zero-order valence-electron chi connectivity index (χ0n) is 9.93. The van der Waals surface area contributed by atoms with Crippen molar-refractivity contribution in [2.75, 3.05) is 7.05 Å². The van der Waals surface area contributed by atoms with Crippen molar-refractivity contribution in [1.82, 2.24) is 5.32 Å². The highest BCUT2D eigenvalue weighted by Crippen LogP contribution is 2.26. The summed E-state index contributed by atoms with van der Waals surface area (Å²) in [4.78, 5) is 1.46. The van der Waals surface area contributed by atoms with E-state index < -0.39 is 0 Å². The summed E-state index contributed by atoms with van der Waals surface area (Å²) < 4.78 is 1.23. The minimum atomic E-state index is 0.337. The van der Waals surface area contributed by atoms with Gasteiger partial charge in [0.25, 0.3) is 0 Å². The quantitative estimate of drug-likeness (QED) is 0.881. The minimum absolute atomic E-state index is 0.337. The van der Waals surface area contributed by atoms with E-state index in [1.165, 1.54) is 21.5 Å². The maximum Gasteiger partial charge on any atom is 0.0701 e. The van der Waals surface area contributed by atoms with Crippen molar-refractivity contribution >= 4 is 27.3 Å². The predicted octanol–water partition coefficient (Wildman–Crippen LogP) is 4.08. The molecular weight excluding hydrogens is 270 g/mol. The summed E-state index contributed by atoms with van der Waals surface area (Å²) in [5.41, 5.74) is 0.337. The maximum absolute atomic E-state index is 3.50. The molecule has 0 aliphatic heterocycles. The molecule has 0 aliphatic rings. The Morgan fingerprint density at radius 1 is 1.40 bits per heavy atom. The second-order valence-corrected chi connectivity index (χ2v) is 7.50. The first-order valence-corrected chi connectivity index (χ1v) is 6.96. The highest BCUT2D eigenvalue weighted by Gasteiger charge is 2.22. The number of rotatable bonds is 4. The third-order valence-corrected chi connectivity index (χ3v) is 4.39. The number of hydrogen-bond acceptors (Lipinski definition) is 2. The molecule has 1 nitrogen and oxygen atoms in total. The first-order valence-electron chi connectivity index (χ1n) is 5.35. The highest BCUT2D eigenvalue weighted by atomic mass is 79.9. The van der Waals surface area contributed by atoms with E-state index >= 15 is 0 Å². The van der Waals surface area contributed by atoms with Gasteiger partial charge in [0.05, 0.1) is 3.79 Å². The van der Waals surface area contributed by atoms with Gasteiger partial charge in [-0.2, -0.15) is 0 Å². The van der Waals surface area contributed by atoms with E-state index in [-0.39, 0.29) is 0 Å². The van der Waals surface area contributed by atoms with Crippen LogP contribution in [-0.4, -0.2) is 13.1 Å². The van der Waals surface area contributed by atoms with E-state index in [4.69, 9.17) is 0 Å². The Labute approximate surface area is 105 Å². The Hall–Kier alpha value is 0.140. The van der Waals surface area contributed by atoms with Crippen LogP contribution in [0, 0.1) is 5.41 Å². The van der Waals surface area contributed by atoms with E-state index in [1.54, 1.807) is 0 Å². The number of nitrogens with one attached hydrogen (secondary N) is 1. The normalized spacial score (nSPS) is 14.2. The molecule has 1 aromatic rings. The van der Waals surface area contributed by atoms with Crippen molar-refractivity contribution in [2.45, 2.75) is 39.7 Å². The summed E-state index contributed by atoms with van der Waals surface area (Å²) in [6.45, 7) is 6.87. The van der Waals surface area contributed by atoms with Crippen molar-refractivity contribution in [2.24, 2.45) is 5.41 Å². The molecule has 3 heteroatoms. The molecule has 0 radical (unpaired) electrons. The van der Waals surface area contributed by atoms with Crippen molar-refractivity contribution in [3.8, 4) is 0 Å². The molecule has 15 heavy (non-hydrogen) atoms. The van der Waals surface area contributed by atoms with Gasteiger partial charge in [-0.25, -0.2) is 0 Å². The van der Waals surface area contributed by atoms with E-state index in [1.807, 2.05) is 11.3 Å². The van der Waals surface area contributed by atoms with Gasteiger partial charge in [-0.05, 0) is 53.4 Å². The van der Waals surface area contributed by atoms with Gasteiger partial charge in [-0.15, -0.1) is 11.3 Å². The third kappa shape index (κ3) is 4.25. The maximum atomic E-state index is 3.50. The van der Waals surface area contributed by atoms with Gasteiger partial charge in [-0.3, -0.25) is 0 Å². The SMILES string of the molecule is CNC(CCc1ccc(Br)s1)C(C)(C)C. The molecule has 1 aromatic heterocycles. The van der Waals surface area contributed by atoms with E-state index in [2.05, 4.69) is 61.2 Å². The van der Waals surface area contributed by atoms with Crippen LogP contribution in [0.25, 0.3) is 0 Å². The molecule has 0 aromatic carbocycles. The average molecular weight is 290 g/mol. The van der Waals surface area contributed by atoms with Gasteiger partial charge in [0.2, 0.25) is 0 Å². The molecule has 1 unspecified atom stereocenters. The molecule has 1 N–H and O–H groups in total. The molecule has 0 bridgehead atoms. The summed E-state index contributed by atoms with van der Waals surface area (Å²) in [5, 5.41) is 3.41. The average Bonchev–Trinajstić information content (AvgIpc) is 2.50. The number of thiophene rings is 1. The minimum Gasteiger partial charge on any atom is -0.316 e. The Morgan fingerprint density at radius 2 is 2.07 bits per heavy atom. The number of hydrogen-bond donors (Lipinski definition) is 1. The van der Waals surface area contributed by atoms with Crippen molar-refractivity contribution < 1.29 is 0 Å². The van der Waals surface area contributed by atoms with Crippen molar-refractivity contribution in [3.05, 3.63) is 20.8 Å². The molecule has 0 aliphatic carbocycles. The number of aryl methyl sites for hydroxylation is 1. The lowest BCUT2D eigenvalue weighted by Gasteiger charge is -2.30. The van der Waals surface area contributed by atoms with Crippen LogP contribution in [0.2, 0.25) is 0 Å². The van der Waals surface area contributed by atoms with E-state index in [0.717, 1.165) is 0 Å². The third-order valence-electron chi connectivity index (χ3n) is 2.70. The fraction of sp³-hybridized carbons (Fsp3) is 0.667. The summed E-state index contributed by atoms with van der Waals surface area (Å²) in [7, 11) is 2.06. The Bertz CT molecular complexity index is 301. The van der Waals surface area contributed by atoms with Crippen molar-refractivity contribution in [1.29, 1.82) is 0 Å². The molecule has 86 valence electrons. The van der Waals surface area contributed by atoms with Gasteiger partial charge in [0.15, 0.2) is 0 Å². The highest BCUT2D eigenvalue weighted by molar-refractivity contribution is 9.11. The van der Waals surface area contributed by atoms with Gasteiger partial charge in [0, 0.05) is 10.9 Å². The summed E-state index contributed by atoms with van der Waals surface area (Å²) in [6.07, 6.45) is 2.37. The van der Waals surface area contributed by atoms with Gasteiger partial charge in [-0.1, -0.05) is 20.8 Å². The molecule has 0 amide bonds. The summed E-state index contributed by atoms with van der Waals surface area (Å²) in [5.74, 6) is 0. The van der Waals surface area contributed by atoms with E-state index in [9.17, 15) is 0 Å². The molecule has 1 atom stereocenters. The Morgan fingerprint density at radius 3 is 2.47 bits per heavy atom. The zero-order chi connectivity index (χ0) is 11.5. The number of halogens is 1. The zero-order valence-corrected chi connectivity index (χ0v) is 12.3. The molecular formula is C12H20BrNS. The summed E-state index contributed by atoms with van der Waals surface area (Å²) in [6, 6.07) is 4.92. The van der Waals surface area contributed by atoms with Crippen LogP contribution in [0.1, 0.15) is 32.1 Å². The van der Waals surface area contributed by atoms with Gasteiger partial charge in [0.1, 0.15) is 0 Å². The van der Waals surface area contributed by atoms with E-state index in [0.29, 0.717) is 11.5 Å². The monoisotopic (exact) mass is 289 g/mol. The largest absolute Gasteiger partial charge is 0.316 e. The molecule has 1 heterocycles. The Kier molecular flexibility index (Phi) is 4.81. The standard InChI is InChI=1S/C12H20BrNS/c1-12(2,3)10(14-4)7-5-9-6-8-11(13)15-9/h6,8,10,14H,5,7H2,1-4H3. The van der Waals surface area contributed by atoms with Crippen LogP contribution in [0.4, 0.5) is 0 Å². The lowest BCUT2D eigenvalue weighted by atomic mass is 9.84. The fourth-order valence-corrected chi connectivity index (χ4v) is 3.28. The fourth-order valence-electron chi connectivity index (χ4n) is 1.78. The lowest BCUT2D eigenvalue weighted by molar-refractivity contribution is 0.268. The van der Waals surface area contributed by atoms with Crippen LogP contribution in [-0.2, 0) is 6.42 Å². The first kappa shape index (κ1) is 13.2. The topological polar surface area (TPSA) is 12.0 Å². The molecule has 0 spiro atoms. The van der Waals surface area contributed by atoms with Gasteiger partial charge < -0.3 is 5.32 Å². The summed E-state index contributed by atoms with van der Waals surface area (Å²) >= 11 is 5.34. The first-order chi connectivity index (χ1) is 6.93. The predicted molar refractivity (Wildman–Crippen MR) is 72.6 cm³/mol. The van der Waals surface area contributed by atoms with Gasteiger partial charge >= 0.3 is 0 Å². The molecule has 0 saturated heterocycles. The second-order valence-electron chi connectivity index (χ2n) is 4.95. The van der Waals surface area contributed by atoms with Crippen molar-refractivity contribution in [3.63, 3.8) is 0 Å². The smallest absolute Gasteiger partial charge is 0.0701 e. The van der Waals surface area contributed by atoms with Crippen LogP contribution in [0.15, 0.2) is 15.9 Å². The molecule has 0 saturated carbocycles. The lowest BCUT2D eigenvalue weighted by Crippen LogP contribution is -2.38. The van der Waals surface area contributed by atoms with Crippen LogP contribution in [0.5, 0.6) is 0 Å². The van der Waals surface area contributed by atoms with Crippen LogP contribution >= 0.6 is 27.3 Å². The van der Waals surface area contributed by atoms with Crippen LogP contribution in [0.3, 0.4) is 0 Å². The molecule has 1 rings (SSSR count).